The Morgan fingerprint density at radius 2 is 2.37 bits per heavy atom. The number of hydrogen-bond acceptors (Lipinski definition) is 4. The van der Waals surface area contributed by atoms with Crippen molar-refractivity contribution in [2.45, 2.75) is 40.0 Å². The Morgan fingerprint density at radius 3 is 2.95 bits per heavy atom. The van der Waals surface area contributed by atoms with Crippen LogP contribution in [0.15, 0.2) is 0 Å². The quantitative estimate of drug-likeness (QED) is 0.892. The molecule has 19 heavy (non-hydrogen) atoms. The highest BCUT2D eigenvalue weighted by atomic mass is 32.1. The topological polar surface area (TPSA) is 54.0 Å². The second kappa shape index (κ2) is 6.48. The number of amides is 1. The highest BCUT2D eigenvalue weighted by molar-refractivity contribution is 7.15. The van der Waals surface area contributed by atoms with Crippen LogP contribution in [-0.4, -0.2) is 24.0 Å². The SMILES string of the molecule is Cc1nc(NC(=O)CC(C)C2CCCNC2)sc1C. The summed E-state index contributed by atoms with van der Waals surface area (Å²) in [5.41, 5.74) is 1.00. The predicted octanol–water partition coefficient (Wildman–Crippen LogP) is 2.72. The maximum atomic E-state index is 12.0. The molecular formula is C14H23N3OS. The monoisotopic (exact) mass is 281 g/mol. The lowest BCUT2D eigenvalue weighted by atomic mass is 9.85. The van der Waals surface area contributed by atoms with E-state index in [1.54, 1.807) is 11.3 Å². The van der Waals surface area contributed by atoms with E-state index in [4.69, 9.17) is 0 Å². The first-order chi connectivity index (χ1) is 9.06. The van der Waals surface area contributed by atoms with Crippen molar-refractivity contribution in [3.05, 3.63) is 10.6 Å². The molecule has 106 valence electrons. The zero-order valence-electron chi connectivity index (χ0n) is 12.0. The summed E-state index contributed by atoms with van der Waals surface area (Å²) in [7, 11) is 0. The number of anilines is 1. The van der Waals surface area contributed by atoms with E-state index >= 15 is 0 Å². The first-order valence-electron chi connectivity index (χ1n) is 7.01. The number of carbonyl (C=O) groups excluding carboxylic acids is 1. The van der Waals surface area contributed by atoms with Gasteiger partial charge in [-0.2, -0.15) is 0 Å². The summed E-state index contributed by atoms with van der Waals surface area (Å²) < 4.78 is 0. The molecule has 1 aromatic heterocycles. The Kier molecular flexibility index (Phi) is 4.93. The molecule has 2 N–H and O–H groups in total. The third kappa shape index (κ3) is 4.01. The van der Waals surface area contributed by atoms with E-state index in [0.29, 0.717) is 18.3 Å². The fraction of sp³-hybridized carbons (Fsp3) is 0.714. The molecule has 0 radical (unpaired) electrons. The number of aromatic nitrogens is 1. The van der Waals surface area contributed by atoms with E-state index in [1.807, 2.05) is 13.8 Å². The third-order valence-corrected chi connectivity index (χ3v) is 4.91. The number of piperidine rings is 1. The lowest BCUT2D eigenvalue weighted by molar-refractivity contribution is -0.117. The fourth-order valence-corrected chi connectivity index (χ4v) is 3.35. The van der Waals surface area contributed by atoms with Gasteiger partial charge >= 0.3 is 0 Å². The van der Waals surface area contributed by atoms with Crippen molar-refractivity contribution in [2.24, 2.45) is 11.8 Å². The first kappa shape index (κ1) is 14.5. The molecule has 2 heterocycles. The molecule has 0 bridgehead atoms. The number of nitrogens with one attached hydrogen (secondary N) is 2. The molecular weight excluding hydrogens is 258 g/mol. The highest BCUT2D eigenvalue weighted by Gasteiger charge is 2.22. The molecule has 0 saturated carbocycles. The average molecular weight is 281 g/mol. The predicted molar refractivity (Wildman–Crippen MR) is 79.6 cm³/mol. The largest absolute Gasteiger partial charge is 0.316 e. The number of thiazole rings is 1. The average Bonchev–Trinajstić information content (AvgIpc) is 2.69. The molecule has 1 aliphatic heterocycles. The van der Waals surface area contributed by atoms with Gasteiger partial charge in [-0.15, -0.1) is 11.3 Å². The Morgan fingerprint density at radius 1 is 1.58 bits per heavy atom. The van der Waals surface area contributed by atoms with E-state index in [2.05, 4.69) is 22.5 Å². The van der Waals surface area contributed by atoms with Crippen molar-refractivity contribution in [3.63, 3.8) is 0 Å². The van der Waals surface area contributed by atoms with Crippen LogP contribution in [0, 0.1) is 25.7 Å². The summed E-state index contributed by atoms with van der Waals surface area (Å²) >= 11 is 1.55. The number of aryl methyl sites for hydroxylation is 2. The summed E-state index contributed by atoms with van der Waals surface area (Å²) in [4.78, 5) is 17.5. The van der Waals surface area contributed by atoms with Crippen molar-refractivity contribution in [2.75, 3.05) is 18.4 Å². The van der Waals surface area contributed by atoms with E-state index in [9.17, 15) is 4.79 Å². The molecule has 5 heteroatoms. The zero-order chi connectivity index (χ0) is 13.8. The van der Waals surface area contributed by atoms with Gasteiger partial charge in [-0.3, -0.25) is 4.79 Å². The van der Waals surface area contributed by atoms with Crippen LogP contribution in [0.4, 0.5) is 5.13 Å². The van der Waals surface area contributed by atoms with Crippen LogP contribution in [0.25, 0.3) is 0 Å². The Labute approximate surface area is 119 Å². The van der Waals surface area contributed by atoms with Crippen molar-refractivity contribution < 1.29 is 4.79 Å². The number of nitrogens with zero attached hydrogens (tertiary/aromatic N) is 1. The molecule has 1 fully saturated rings. The van der Waals surface area contributed by atoms with Crippen LogP contribution in [-0.2, 0) is 4.79 Å². The van der Waals surface area contributed by atoms with E-state index in [0.717, 1.165) is 23.9 Å². The van der Waals surface area contributed by atoms with Crippen LogP contribution in [0.3, 0.4) is 0 Å². The van der Waals surface area contributed by atoms with Gasteiger partial charge in [0, 0.05) is 11.3 Å². The van der Waals surface area contributed by atoms with Gasteiger partial charge in [-0.1, -0.05) is 6.92 Å². The number of hydrogen-bond donors (Lipinski definition) is 2. The summed E-state index contributed by atoms with van der Waals surface area (Å²) in [6, 6.07) is 0. The molecule has 2 atom stereocenters. The van der Waals surface area contributed by atoms with Crippen molar-refractivity contribution in [1.29, 1.82) is 0 Å². The Bertz CT molecular complexity index is 418. The van der Waals surface area contributed by atoms with Crippen LogP contribution >= 0.6 is 11.3 Å². The van der Waals surface area contributed by atoms with Crippen LogP contribution < -0.4 is 10.6 Å². The molecule has 1 saturated heterocycles. The summed E-state index contributed by atoms with van der Waals surface area (Å²) in [5, 5.41) is 7.06. The number of rotatable bonds is 4. The Hall–Kier alpha value is -0.940. The molecule has 1 aliphatic rings. The molecule has 0 spiro atoms. The standard InChI is InChI=1S/C14H23N3OS/c1-9(12-5-4-6-15-8-12)7-13(18)17-14-16-10(2)11(3)19-14/h9,12,15H,4-8H2,1-3H3,(H,16,17,18). The second-order valence-electron chi connectivity index (χ2n) is 5.50. The maximum absolute atomic E-state index is 12.0. The minimum Gasteiger partial charge on any atom is -0.316 e. The van der Waals surface area contributed by atoms with E-state index in [-0.39, 0.29) is 5.91 Å². The number of carbonyl (C=O) groups is 1. The Balaban J connectivity index is 1.83. The first-order valence-corrected chi connectivity index (χ1v) is 7.82. The minimum absolute atomic E-state index is 0.0897. The van der Waals surface area contributed by atoms with Crippen molar-refractivity contribution >= 4 is 22.4 Å². The van der Waals surface area contributed by atoms with Crippen LogP contribution in [0.1, 0.15) is 36.8 Å². The molecule has 1 aromatic rings. The molecule has 1 amide bonds. The fourth-order valence-electron chi connectivity index (χ4n) is 2.52. The van der Waals surface area contributed by atoms with Crippen LogP contribution in [0.2, 0.25) is 0 Å². The molecule has 0 aliphatic carbocycles. The summed E-state index contributed by atoms with van der Waals surface area (Å²) in [6.45, 7) is 8.34. The summed E-state index contributed by atoms with van der Waals surface area (Å²) in [6.07, 6.45) is 3.04. The van der Waals surface area contributed by atoms with Gasteiger partial charge < -0.3 is 10.6 Å². The summed E-state index contributed by atoms with van der Waals surface area (Å²) in [5.74, 6) is 1.14. The van der Waals surface area contributed by atoms with E-state index in [1.165, 1.54) is 17.7 Å². The van der Waals surface area contributed by atoms with Gasteiger partial charge in [-0.25, -0.2) is 4.98 Å². The van der Waals surface area contributed by atoms with Crippen molar-refractivity contribution in [3.8, 4) is 0 Å². The third-order valence-electron chi connectivity index (χ3n) is 3.92. The van der Waals surface area contributed by atoms with Gasteiger partial charge in [0.15, 0.2) is 5.13 Å². The minimum atomic E-state index is 0.0897. The van der Waals surface area contributed by atoms with E-state index < -0.39 is 0 Å². The van der Waals surface area contributed by atoms with Gasteiger partial charge in [0.2, 0.25) is 5.91 Å². The highest BCUT2D eigenvalue weighted by Crippen LogP contribution is 2.24. The zero-order valence-corrected chi connectivity index (χ0v) is 12.8. The van der Waals surface area contributed by atoms with Crippen LogP contribution in [0.5, 0.6) is 0 Å². The molecule has 2 rings (SSSR count). The lowest BCUT2D eigenvalue weighted by Gasteiger charge is -2.27. The van der Waals surface area contributed by atoms with Gasteiger partial charge in [0.05, 0.1) is 5.69 Å². The molecule has 4 nitrogen and oxygen atoms in total. The van der Waals surface area contributed by atoms with Gasteiger partial charge in [-0.05, 0) is 51.6 Å². The second-order valence-corrected chi connectivity index (χ2v) is 6.70. The maximum Gasteiger partial charge on any atom is 0.226 e. The smallest absolute Gasteiger partial charge is 0.226 e. The normalized spacial score (nSPS) is 21.1. The van der Waals surface area contributed by atoms with Gasteiger partial charge in [0.25, 0.3) is 0 Å². The van der Waals surface area contributed by atoms with Gasteiger partial charge in [0.1, 0.15) is 0 Å². The molecule has 2 unspecified atom stereocenters. The lowest BCUT2D eigenvalue weighted by Crippen LogP contribution is -2.34. The molecule has 0 aromatic carbocycles. The van der Waals surface area contributed by atoms with Crippen molar-refractivity contribution in [1.82, 2.24) is 10.3 Å².